The molecule has 0 spiro atoms. The molecule has 0 bridgehead atoms. The molecular formula is C12H20N2O2S. The molecule has 2 atom stereocenters. The minimum absolute atomic E-state index is 0.249. The van der Waals surface area contributed by atoms with Crippen molar-refractivity contribution >= 4 is 11.3 Å². The van der Waals surface area contributed by atoms with Crippen molar-refractivity contribution in [2.24, 2.45) is 0 Å². The fourth-order valence-corrected chi connectivity index (χ4v) is 2.85. The summed E-state index contributed by atoms with van der Waals surface area (Å²) in [6, 6.07) is 0.249. The van der Waals surface area contributed by atoms with E-state index in [2.05, 4.69) is 10.3 Å². The van der Waals surface area contributed by atoms with Gasteiger partial charge in [0.15, 0.2) is 0 Å². The van der Waals surface area contributed by atoms with Crippen molar-refractivity contribution < 1.29 is 9.84 Å². The normalized spacial score (nSPS) is 24.5. The minimum Gasteiger partial charge on any atom is -0.390 e. The fraction of sp³-hybridized carbons (Fsp3) is 0.750. The molecule has 1 aliphatic heterocycles. The zero-order valence-electron chi connectivity index (χ0n) is 10.4. The van der Waals surface area contributed by atoms with Crippen LogP contribution in [-0.4, -0.2) is 41.5 Å². The van der Waals surface area contributed by atoms with Crippen molar-refractivity contribution in [3.8, 4) is 0 Å². The molecule has 2 heterocycles. The minimum atomic E-state index is -0.723. The molecule has 0 amide bonds. The average Bonchev–Trinajstić information content (AvgIpc) is 2.63. The molecule has 5 heteroatoms. The molecule has 2 unspecified atom stereocenters. The number of morpholine rings is 1. The van der Waals surface area contributed by atoms with E-state index in [1.54, 1.807) is 11.3 Å². The molecule has 1 saturated heterocycles. The highest BCUT2D eigenvalue weighted by Crippen LogP contribution is 2.21. The Bertz CT molecular complexity index is 359. The van der Waals surface area contributed by atoms with E-state index in [4.69, 9.17) is 4.74 Å². The van der Waals surface area contributed by atoms with E-state index in [1.165, 1.54) is 0 Å². The molecule has 1 aromatic rings. The maximum Gasteiger partial charge on any atom is 0.0897 e. The van der Waals surface area contributed by atoms with Gasteiger partial charge in [-0.05, 0) is 20.3 Å². The molecule has 0 aliphatic carbocycles. The molecule has 1 aliphatic rings. The van der Waals surface area contributed by atoms with Crippen molar-refractivity contribution in [3.05, 3.63) is 16.1 Å². The predicted molar refractivity (Wildman–Crippen MR) is 68.4 cm³/mol. The second kappa shape index (κ2) is 5.44. The van der Waals surface area contributed by atoms with Crippen molar-refractivity contribution in [1.82, 2.24) is 10.3 Å². The molecule has 1 fully saturated rings. The van der Waals surface area contributed by atoms with E-state index in [1.807, 2.05) is 19.2 Å². The Morgan fingerprint density at radius 1 is 1.71 bits per heavy atom. The molecule has 4 nitrogen and oxygen atoms in total. The lowest BCUT2D eigenvalue weighted by atomic mass is 9.92. The zero-order chi connectivity index (χ0) is 12.3. The van der Waals surface area contributed by atoms with Crippen LogP contribution in [0.3, 0.4) is 0 Å². The average molecular weight is 256 g/mol. The third-order valence-electron chi connectivity index (χ3n) is 2.91. The van der Waals surface area contributed by atoms with Gasteiger partial charge in [0.25, 0.3) is 0 Å². The number of ether oxygens (including phenoxy) is 1. The van der Waals surface area contributed by atoms with Gasteiger partial charge in [-0.15, -0.1) is 11.3 Å². The van der Waals surface area contributed by atoms with Crippen molar-refractivity contribution in [2.45, 2.75) is 38.3 Å². The van der Waals surface area contributed by atoms with Crippen LogP contribution in [0.1, 0.15) is 24.0 Å². The van der Waals surface area contributed by atoms with E-state index in [-0.39, 0.29) is 6.04 Å². The fourth-order valence-electron chi connectivity index (χ4n) is 2.23. The highest BCUT2D eigenvalue weighted by atomic mass is 32.1. The van der Waals surface area contributed by atoms with Crippen molar-refractivity contribution in [3.63, 3.8) is 0 Å². The number of rotatable bonds is 4. The number of hydrogen-bond donors (Lipinski definition) is 2. The predicted octanol–water partition coefficient (Wildman–Crippen LogP) is 1.12. The van der Waals surface area contributed by atoms with Crippen LogP contribution in [0.2, 0.25) is 0 Å². The highest BCUT2D eigenvalue weighted by molar-refractivity contribution is 7.09. The summed E-state index contributed by atoms with van der Waals surface area (Å²) in [5.41, 5.74) is 0.257. The first-order valence-corrected chi connectivity index (χ1v) is 6.88. The Morgan fingerprint density at radius 3 is 3.12 bits per heavy atom. The number of thiazole rings is 1. The molecule has 1 aromatic heterocycles. The Morgan fingerprint density at radius 2 is 2.53 bits per heavy atom. The molecule has 17 heavy (non-hydrogen) atoms. The van der Waals surface area contributed by atoms with E-state index >= 15 is 0 Å². The Kier molecular flexibility index (Phi) is 4.14. The standard InChI is InChI=1S/C12H20N2O2S/c1-9-14-11(8-17-9)6-12(2,15)5-10-7-16-4-3-13-10/h8,10,13,15H,3-7H2,1-2H3. The van der Waals surface area contributed by atoms with Gasteiger partial charge in [-0.2, -0.15) is 0 Å². The number of aromatic nitrogens is 1. The summed E-state index contributed by atoms with van der Waals surface area (Å²) < 4.78 is 5.40. The topological polar surface area (TPSA) is 54.4 Å². The van der Waals surface area contributed by atoms with Gasteiger partial charge in [0, 0.05) is 24.4 Å². The van der Waals surface area contributed by atoms with Gasteiger partial charge in [-0.3, -0.25) is 0 Å². The van der Waals surface area contributed by atoms with Crippen LogP contribution in [-0.2, 0) is 11.2 Å². The second-order valence-electron chi connectivity index (χ2n) is 4.96. The van der Waals surface area contributed by atoms with Crippen molar-refractivity contribution in [1.29, 1.82) is 0 Å². The number of aryl methyl sites for hydroxylation is 1. The smallest absolute Gasteiger partial charge is 0.0897 e. The first-order chi connectivity index (χ1) is 8.05. The van der Waals surface area contributed by atoms with Crippen LogP contribution in [0, 0.1) is 6.92 Å². The van der Waals surface area contributed by atoms with Gasteiger partial charge in [0.2, 0.25) is 0 Å². The lowest BCUT2D eigenvalue weighted by Gasteiger charge is -2.31. The number of aliphatic hydroxyl groups is 1. The van der Waals surface area contributed by atoms with Gasteiger partial charge in [0.1, 0.15) is 0 Å². The third kappa shape index (κ3) is 4.03. The largest absolute Gasteiger partial charge is 0.390 e. The van der Waals surface area contributed by atoms with Gasteiger partial charge in [0.05, 0.1) is 29.5 Å². The van der Waals surface area contributed by atoms with Crippen LogP contribution in [0.15, 0.2) is 5.38 Å². The van der Waals surface area contributed by atoms with E-state index in [0.29, 0.717) is 19.4 Å². The molecule has 2 rings (SSSR count). The summed E-state index contributed by atoms with van der Waals surface area (Å²) >= 11 is 1.63. The SMILES string of the molecule is Cc1nc(CC(C)(O)CC2COCCN2)cs1. The van der Waals surface area contributed by atoms with Gasteiger partial charge in [-0.25, -0.2) is 4.98 Å². The summed E-state index contributed by atoms with van der Waals surface area (Å²) in [6.07, 6.45) is 1.30. The maximum absolute atomic E-state index is 10.4. The lowest BCUT2D eigenvalue weighted by Crippen LogP contribution is -2.46. The summed E-state index contributed by atoms with van der Waals surface area (Å²) in [6.45, 7) is 6.18. The second-order valence-corrected chi connectivity index (χ2v) is 6.02. The van der Waals surface area contributed by atoms with Crippen LogP contribution in [0.5, 0.6) is 0 Å². The number of nitrogens with one attached hydrogen (secondary N) is 1. The molecule has 96 valence electrons. The quantitative estimate of drug-likeness (QED) is 0.848. The maximum atomic E-state index is 10.4. The summed E-state index contributed by atoms with van der Waals surface area (Å²) in [4.78, 5) is 4.40. The van der Waals surface area contributed by atoms with Crippen LogP contribution >= 0.6 is 11.3 Å². The van der Waals surface area contributed by atoms with Crippen LogP contribution in [0.25, 0.3) is 0 Å². The number of hydrogen-bond acceptors (Lipinski definition) is 5. The highest BCUT2D eigenvalue weighted by Gasteiger charge is 2.27. The molecule has 2 N–H and O–H groups in total. The summed E-state index contributed by atoms with van der Waals surface area (Å²) in [7, 11) is 0. The summed E-state index contributed by atoms with van der Waals surface area (Å²) in [5, 5.41) is 16.8. The van der Waals surface area contributed by atoms with E-state index in [0.717, 1.165) is 23.9 Å². The van der Waals surface area contributed by atoms with Crippen LogP contribution < -0.4 is 5.32 Å². The van der Waals surface area contributed by atoms with E-state index in [9.17, 15) is 5.11 Å². The number of nitrogens with zero attached hydrogens (tertiary/aromatic N) is 1. The molecule has 0 radical (unpaired) electrons. The molecular weight excluding hydrogens is 236 g/mol. The molecule has 0 aromatic carbocycles. The van der Waals surface area contributed by atoms with E-state index < -0.39 is 5.60 Å². The van der Waals surface area contributed by atoms with Gasteiger partial charge < -0.3 is 15.2 Å². The Balaban J connectivity index is 1.88. The Hall–Kier alpha value is -0.490. The Labute approximate surface area is 106 Å². The van der Waals surface area contributed by atoms with Crippen molar-refractivity contribution in [2.75, 3.05) is 19.8 Å². The third-order valence-corrected chi connectivity index (χ3v) is 3.74. The summed E-state index contributed by atoms with van der Waals surface area (Å²) in [5.74, 6) is 0. The first-order valence-electron chi connectivity index (χ1n) is 6.00. The first kappa shape index (κ1) is 13.0. The monoisotopic (exact) mass is 256 g/mol. The van der Waals surface area contributed by atoms with Gasteiger partial charge >= 0.3 is 0 Å². The van der Waals surface area contributed by atoms with Gasteiger partial charge in [-0.1, -0.05) is 0 Å². The van der Waals surface area contributed by atoms with Crippen LogP contribution in [0.4, 0.5) is 0 Å². The zero-order valence-corrected chi connectivity index (χ0v) is 11.2. The molecule has 0 saturated carbocycles. The lowest BCUT2D eigenvalue weighted by molar-refractivity contribution is 0.00604.